The van der Waals surface area contributed by atoms with Crippen LogP contribution in [0.15, 0.2) is 0 Å². The fourth-order valence-corrected chi connectivity index (χ4v) is 1.40. The van der Waals surface area contributed by atoms with Crippen LogP contribution in [0.5, 0.6) is 0 Å². The second-order valence-corrected chi connectivity index (χ2v) is 3.16. The number of aliphatic hydroxyl groups is 4. The van der Waals surface area contributed by atoms with Gasteiger partial charge in [0.05, 0.1) is 6.61 Å². The Bertz CT molecular complexity index is 173. The van der Waals surface area contributed by atoms with E-state index in [1.807, 2.05) is 0 Å². The van der Waals surface area contributed by atoms with Gasteiger partial charge >= 0.3 is 0 Å². The Morgan fingerprint density at radius 2 is 2.00 bits per heavy atom. The lowest BCUT2D eigenvalue weighted by atomic mass is 10.1. The molecule has 0 aromatic carbocycles. The van der Waals surface area contributed by atoms with E-state index in [0.29, 0.717) is 6.61 Å². The fraction of sp³-hybridized carbons (Fsp3) is 1.00. The first-order valence-electron chi connectivity index (χ1n) is 4.54. The second kappa shape index (κ2) is 5.01. The van der Waals surface area contributed by atoms with Crippen molar-refractivity contribution in [3.63, 3.8) is 0 Å². The maximum atomic E-state index is 9.43. The predicted octanol–water partition coefficient (Wildman–Crippen LogP) is -2.18. The van der Waals surface area contributed by atoms with Gasteiger partial charge in [-0.05, 0) is 6.92 Å². The summed E-state index contributed by atoms with van der Waals surface area (Å²) < 4.78 is 10.0. The molecule has 0 aliphatic carbocycles. The van der Waals surface area contributed by atoms with E-state index in [1.165, 1.54) is 0 Å². The highest BCUT2D eigenvalue weighted by Gasteiger charge is 2.46. The lowest BCUT2D eigenvalue weighted by molar-refractivity contribution is -0.178. The van der Waals surface area contributed by atoms with Gasteiger partial charge in [-0.3, -0.25) is 0 Å². The van der Waals surface area contributed by atoms with Crippen LogP contribution in [-0.2, 0) is 9.47 Å². The van der Waals surface area contributed by atoms with Crippen molar-refractivity contribution in [1.29, 1.82) is 0 Å². The molecule has 1 aliphatic rings. The number of aliphatic hydroxyl groups excluding tert-OH is 4. The molecule has 5 unspecified atom stereocenters. The van der Waals surface area contributed by atoms with E-state index in [1.54, 1.807) is 6.92 Å². The van der Waals surface area contributed by atoms with Gasteiger partial charge in [0, 0.05) is 6.61 Å². The molecule has 0 spiro atoms. The van der Waals surface area contributed by atoms with Gasteiger partial charge < -0.3 is 29.9 Å². The summed E-state index contributed by atoms with van der Waals surface area (Å²) in [6.07, 6.45) is -5.60. The number of rotatable bonds is 4. The molecule has 0 saturated carbocycles. The summed E-state index contributed by atoms with van der Waals surface area (Å²) in [6, 6.07) is 0. The molecule has 1 saturated heterocycles. The molecule has 0 aromatic heterocycles. The Kier molecular flexibility index (Phi) is 4.24. The average Bonchev–Trinajstić information content (AvgIpc) is 2.46. The summed E-state index contributed by atoms with van der Waals surface area (Å²) in [6.45, 7) is 1.52. The Morgan fingerprint density at radius 1 is 1.36 bits per heavy atom. The zero-order chi connectivity index (χ0) is 10.7. The van der Waals surface area contributed by atoms with Crippen LogP contribution in [0.4, 0.5) is 0 Å². The monoisotopic (exact) mass is 208 g/mol. The summed E-state index contributed by atoms with van der Waals surface area (Å²) in [5, 5.41) is 36.7. The first-order valence-corrected chi connectivity index (χ1v) is 4.54. The van der Waals surface area contributed by atoms with Crippen molar-refractivity contribution in [2.24, 2.45) is 0 Å². The van der Waals surface area contributed by atoms with Crippen LogP contribution in [-0.4, -0.2) is 64.3 Å². The number of hydrogen-bond donors (Lipinski definition) is 4. The molecule has 0 amide bonds. The first-order chi connectivity index (χ1) is 6.61. The highest BCUT2D eigenvalue weighted by molar-refractivity contribution is 4.90. The van der Waals surface area contributed by atoms with Gasteiger partial charge in [-0.15, -0.1) is 0 Å². The van der Waals surface area contributed by atoms with E-state index in [9.17, 15) is 15.3 Å². The SMILES string of the molecule is CCOC1OC(C(O)CO)C(O)C1O. The molecule has 84 valence electrons. The minimum atomic E-state index is -1.24. The molecule has 1 fully saturated rings. The molecule has 4 N–H and O–H groups in total. The predicted molar refractivity (Wildman–Crippen MR) is 45.4 cm³/mol. The smallest absolute Gasteiger partial charge is 0.186 e. The summed E-state index contributed by atoms with van der Waals surface area (Å²) in [5.74, 6) is 0. The van der Waals surface area contributed by atoms with Gasteiger partial charge in [-0.1, -0.05) is 0 Å². The lowest BCUT2D eigenvalue weighted by Crippen LogP contribution is -2.40. The van der Waals surface area contributed by atoms with E-state index in [0.717, 1.165) is 0 Å². The molecule has 14 heavy (non-hydrogen) atoms. The van der Waals surface area contributed by atoms with Crippen LogP contribution >= 0.6 is 0 Å². The van der Waals surface area contributed by atoms with Gasteiger partial charge in [0.1, 0.15) is 24.4 Å². The number of hydrogen-bond acceptors (Lipinski definition) is 6. The van der Waals surface area contributed by atoms with Gasteiger partial charge in [0.2, 0.25) is 0 Å². The summed E-state index contributed by atoms with van der Waals surface area (Å²) in [4.78, 5) is 0. The molecule has 1 rings (SSSR count). The molecule has 0 aromatic rings. The Balaban J connectivity index is 2.57. The van der Waals surface area contributed by atoms with Crippen molar-refractivity contribution in [3.8, 4) is 0 Å². The Morgan fingerprint density at radius 3 is 2.50 bits per heavy atom. The van der Waals surface area contributed by atoms with Crippen molar-refractivity contribution in [1.82, 2.24) is 0 Å². The fourth-order valence-electron chi connectivity index (χ4n) is 1.40. The molecule has 0 radical (unpaired) electrons. The van der Waals surface area contributed by atoms with Crippen LogP contribution in [0.1, 0.15) is 6.92 Å². The largest absolute Gasteiger partial charge is 0.394 e. The third kappa shape index (κ3) is 2.22. The van der Waals surface area contributed by atoms with Crippen molar-refractivity contribution in [3.05, 3.63) is 0 Å². The highest BCUT2D eigenvalue weighted by atomic mass is 16.7. The van der Waals surface area contributed by atoms with Crippen molar-refractivity contribution >= 4 is 0 Å². The summed E-state index contributed by atoms with van der Waals surface area (Å²) in [7, 11) is 0. The molecule has 1 heterocycles. The standard InChI is InChI=1S/C8H16O6/c1-2-13-8-6(12)5(11)7(14-8)4(10)3-9/h4-12H,2-3H2,1H3. The van der Waals surface area contributed by atoms with E-state index in [4.69, 9.17) is 14.6 Å². The van der Waals surface area contributed by atoms with E-state index >= 15 is 0 Å². The Labute approximate surface area is 81.7 Å². The maximum absolute atomic E-state index is 9.43. The normalized spacial score (nSPS) is 40.1. The third-order valence-corrected chi connectivity index (χ3v) is 2.15. The zero-order valence-corrected chi connectivity index (χ0v) is 7.91. The van der Waals surface area contributed by atoms with Crippen molar-refractivity contribution < 1.29 is 29.9 Å². The van der Waals surface area contributed by atoms with Crippen LogP contribution < -0.4 is 0 Å². The first kappa shape index (κ1) is 11.8. The molecule has 6 heteroatoms. The van der Waals surface area contributed by atoms with Crippen molar-refractivity contribution in [2.75, 3.05) is 13.2 Å². The average molecular weight is 208 g/mol. The summed E-state index contributed by atoms with van der Waals surface area (Å²) in [5.41, 5.74) is 0. The quantitative estimate of drug-likeness (QED) is 0.419. The van der Waals surface area contributed by atoms with Gasteiger partial charge in [0.25, 0.3) is 0 Å². The van der Waals surface area contributed by atoms with Crippen molar-refractivity contribution in [2.45, 2.75) is 37.6 Å². The lowest BCUT2D eigenvalue weighted by Gasteiger charge is -2.18. The second-order valence-electron chi connectivity index (χ2n) is 3.16. The van der Waals surface area contributed by atoms with E-state index < -0.39 is 37.3 Å². The van der Waals surface area contributed by atoms with E-state index in [2.05, 4.69) is 0 Å². The molecular formula is C8H16O6. The molecule has 1 aliphatic heterocycles. The minimum Gasteiger partial charge on any atom is -0.394 e. The van der Waals surface area contributed by atoms with Crippen LogP contribution in [0, 0.1) is 0 Å². The number of ether oxygens (including phenoxy) is 2. The molecular weight excluding hydrogens is 192 g/mol. The van der Waals surface area contributed by atoms with Crippen LogP contribution in [0.2, 0.25) is 0 Å². The van der Waals surface area contributed by atoms with Gasteiger partial charge in [-0.2, -0.15) is 0 Å². The van der Waals surface area contributed by atoms with Gasteiger partial charge in [-0.25, -0.2) is 0 Å². The van der Waals surface area contributed by atoms with Crippen LogP contribution in [0.3, 0.4) is 0 Å². The van der Waals surface area contributed by atoms with Crippen LogP contribution in [0.25, 0.3) is 0 Å². The minimum absolute atomic E-state index is 0.330. The van der Waals surface area contributed by atoms with E-state index in [-0.39, 0.29) is 0 Å². The Hall–Kier alpha value is -0.240. The van der Waals surface area contributed by atoms with Gasteiger partial charge in [0.15, 0.2) is 6.29 Å². The molecule has 0 bridgehead atoms. The zero-order valence-electron chi connectivity index (χ0n) is 7.91. The topological polar surface area (TPSA) is 99.4 Å². The molecule has 5 atom stereocenters. The molecule has 6 nitrogen and oxygen atoms in total. The third-order valence-electron chi connectivity index (χ3n) is 2.15. The summed E-state index contributed by atoms with van der Waals surface area (Å²) >= 11 is 0. The highest BCUT2D eigenvalue weighted by Crippen LogP contribution is 2.24. The maximum Gasteiger partial charge on any atom is 0.186 e.